The zero-order valence-corrected chi connectivity index (χ0v) is 17.7. The predicted molar refractivity (Wildman–Crippen MR) is 117 cm³/mol. The number of benzene rings is 3. The Morgan fingerprint density at radius 1 is 0.967 bits per heavy atom. The van der Waals surface area contributed by atoms with Crippen LogP contribution in [0, 0.1) is 6.92 Å². The molecule has 0 aliphatic carbocycles. The number of carbonyl (C=O) groups is 1. The number of anilines is 1. The highest BCUT2D eigenvalue weighted by atomic mass is 32.2. The molecular weight excluding hydrogens is 400 g/mol. The largest absolute Gasteiger partial charge is 0.495 e. The van der Waals surface area contributed by atoms with E-state index in [9.17, 15) is 13.2 Å². The fraction of sp³-hybridized carbons (Fsp3) is 0.174. The van der Waals surface area contributed by atoms with Crippen molar-refractivity contribution >= 4 is 21.6 Å². The Labute approximate surface area is 177 Å². The van der Waals surface area contributed by atoms with Crippen LogP contribution in [-0.2, 0) is 16.4 Å². The Morgan fingerprint density at radius 2 is 1.73 bits per heavy atom. The topological polar surface area (TPSA) is 84.5 Å². The third kappa shape index (κ3) is 5.39. The van der Waals surface area contributed by atoms with Crippen LogP contribution < -0.4 is 14.8 Å². The van der Waals surface area contributed by atoms with Crippen LogP contribution in [0.3, 0.4) is 0 Å². The van der Waals surface area contributed by atoms with E-state index in [2.05, 4.69) is 16.1 Å². The van der Waals surface area contributed by atoms with E-state index in [4.69, 9.17) is 4.74 Å². The minimum atomic E-state index is -3.88. The number of ether oxygens (including phenoxy) is 1. The first kappa shape index (κ1) is 21.4. The van der Waals surface area contributed by atoms with E-state index < -0.39 is 10.0 Å². The second-order valence-corrected chi connectivity index (χ2v) is 8.51. The highest BCUT2D eigenvalue weighted by Crippen LogP contribution is 2.26. The number of aryl methyl sites for hydroxylation is 1. The first-order valence-corrected chi connectivity index (χ1v) is 11.0. The van der Waals surface area contributed by atoms with Gasteiger partial charge in [0.1, 0.15) is 5.75 Å². The van der Waals surface area contributed by atoms with Crippen LogP contribution >= 0.6 is 0 Å². The highest BCUT2D eigenvalue weighted by molar-refractivity contribution is 7.92. The number of amides is 1. The van der Waals surface area contributed by atoms with E-state index in [1.54, 1.807) is 36.4 Å². The minimum absolute atomic E-state index is 0.000240. The quantitative estimate of drug-likeness (QED) is 0.576. The van der Waals surface area contributed by atoms with Crippen molar-refractivity contribution in [3.63, 3.8) is 0 Å². The van der Waals surface area contributed by atoms with Gasteiger partial charge in [0.15, 0.2) is 0 Å². The normalized spacial score (nSPS) is 11.0. The van der Waals surface area contributed by atoms with Gasteiger partial charge in [-0.2, -0.15) is 0 Å². The molecule has 0 heterocycles. The van der Waals surface area contributed by atoms with E-state index in [1.165, 1.54) is 24.8 Å². The SMILES string of the molecule is COc1ccccc1NS(=O)(=O)c1cccc(C(=O)NCCc2cccc(C)c2)c1. The fourth-order valence-electron chi connectivity index (χ4n) is 3.03. The van der Waals surface area contributed by atoms with Crippen molar-refractivity contribution in [1.82, 2.24) is 5.32 Å². The number of hydrogen-bond donors (Lipinski definition) is 2. The molecule has 0 aliphatic rings. The maximum atomic E-state index is 12.8. The summed E-state index contributed by atoms with van der Waals surface area (Å²) in [6, 6.07) is 20.8. The van der Waals surface area contributed by atoms with Gasteiger partial charge in [0.2, 0.25) is 0 Å². The van der Waals surface area contributed by atoms with E-state index in [-0.39, 0.29) is 16.4 Å². The van der Waals surface area contributed by atoms with Crippen molar-refractivity contribution in [3.8, 4) is 5.75 Å². The van der Waals surface area contributed by atoms with Gasteiger partial charge in [0.25, 0.3) is 15.9 Å². The summed E-state index contributed by atoms with van der Waals surface area (Å²) >= 11 is 0. The molecule has 0 saturated heterocycles. The van der Waals surface area contributed by atoms with Gasteiger partial charge in [0, 0.05) is 12.1 Å². The summed E-state index contributed by atoms with van der Waals surface area (Å²) < 4.78 is 33.2. The number of carbonyl (C=O) groups excluding carboxylic acids is 1. The zero-order chi connectivity index (χ0) is 21.6. The Bertz CT molecular complexity index is 1140. The number of rotatable bonds is 8. The number of sulfonamides is 1. The first-order valence-electron chi connectivity index (χ1n) is 9.49. The van der Waals surface area contributed by atoms with Gasteiger partial charge in [-0.05, 0) is 49.2 Å². The van der Waals surface area contributed by atoms with E-state index in [0.717, 1.165) is 5.56 Å². The third-order valence-electron chi connectivity index (χ3n) is 4.54. The Kier molecular flexibility index (Phi) is 6.74. The number of hydrogen-bond acceptors (Lipinski definition) is 4. The molecule has 30 heavy (non-hydrogen) atoms. The molecule has 0 bridgehead atoms. The molecule has 0 aromatic heterocycles. The maximum Gasteiger partial charge on any atom is 0.262 e. The van der Waals surface area contributed by atoms with Crippen LogP contribution in [0.4, 0.5) is 5.69 Å². The van der Waals surface area contributed by atoms with Gasteiger partial charge in [-0.1, -0.05) is 48.0 Å². The fourth-order valence-corrected chi connectivity index (χ4v) is 4.14. The molecule has 2 N–H and O–H groups in total. The zero-order valence-electron chi connectivity index (χ0n) is 16.9. The van der Waals surface area contributed by atoms with Gasteiger partial charge in [-0.15, -0.1) is 0 Å². The molecule has 0 aliphatic heterocycles. The Morgan fingerprint density at radius 3 is 2.50 bits per heavy atom. The van der Waals surface area contributed by atoms with E-state index in [0.29, 0.717) is 24.4 Å². The van der Waals surface area contributed by atoms with Crippen molar-refractivity contribution in [2.75, 3.05) is 18.4 Å². The molecule has 3 aromatic rings. The van der Waals surface area contributed by atoms with E-state index >= 15 is 0 Å². The molecule has 0 atom stereocenters. The molecule has 3 rings (SSSR count). The molecule has 0 fully saturated rings. The summed E-state index contributed by atoms with van der Waals surface area (Å²) in [6.45, 7) is 2.48. The number of methoxy groups -OCH3 is 1. The second-order valence-electron chi connectivity index (χ2n) is 6.83. The highest BCUT2D eigenvalue weighted by Gasteiger charge is 2.18. The van der Waals surface area contributed by atoms with Gasteiger partial charge >= 0.3 is 0 Å². The lowest BCUT2D eigenvalue weighted by Crippen LogP contribution is -2.26. The summed E-state index contributed by atoms with van der Waals surface area (Å²) in [7, 11) is -2.41. The third-order valence-corrected chi connectivity index (χ3v) is 5.90. The molecule has 7 heteroatoms. The molecular formula is C23H24N2O4S. The Balaban J connectivity index is 1.69. The minimum Gasteiger partial charge on any atom is -0.495 e. The molecule has 0 unspecified atom stereocenters. The van der Waals surface area contributed by atoms with Crippen LogP contribution in [0.25, 0.3) is 0 Å². The summed E-state index contributed by atoms with van der Waals surface area (Å²) in [4.78, 5) is 12.5. The lowest BCUT2D eigenvalue weighted by Gasteiger charge is -2.12. The van der Waals surface area contributed by atoms with Gasteiger partial charge in [-0.3, -0.25) is 9.52 Å². The molecule has 3 aromatic carbocycles. The van der Waals surface area contributed by atoms with Crippen LogP contribution in [0.15, 0.2) is 77.7 Å². The lowest BCUT2D eigenvalue weighted by atomic mass is 10.1. The lowest BCUT2D eigenvalue weighted by molar-refractivity contribution is 0.0954. The van der Waals surface area contributed by atoms with Crippen LogP contribution in [0.5, 0.6) is 5.75 Å². The number of nitrogens with one attached hydrogen (secondary N) is 2. The summed E-state index contributed by atoms with van der Waals surface area (Å²) in [5, 5.41) is 2.84. The molecule has 0 saturated carbocycles. The molecule has 1 amide bonds. The van der Waals surface area contributed by atoms with Crippen molar-refractivity contribution in [3.05, 3.63) is 89.5 Å². The average Bonchev–Trinajstić information content (AvgIpc) is 2.74. The smallest absolute Gasteiger partial charge is 0.262 e. The predicted octanol–water partition coefficient (Wildman–Crippen LogP) is 3.78. The van der Waals surface area contributed by atoms with Crippen molar-refractivity contribution in [2.45, 2.75) is 18.2 Å². The Hall–Kier alpha value is -3.32. The van der Waals surface area contributed by atoms with Crippen LogP contribution in [-0.4, -0.2) is 28.0 Å². The van der Waals surface area contributed by atoms with E-state index in [1.807, 2.05) is 25.1 Å². The van der Waals surface area contributed by atoms with Crippen LogP contribution in [0.1, 0.15) is 21.5 Å². The average molecular weight is 425 g/mol. The second kappa shape index (κ2) is 9.45. The van der Waals surface area contributed by atoms with Crippen molar-refractivity contribution in [1.29, 1.82) is 0 Å². The summed E-state index contributed by atoms with van der Waals surface area (Å²) in [6.07, 6.45) is 0.695. The molecule has 156 valence electrons. The summed E-state index contributed by atoms with van der Waals surface area (Å²) in [5.41, 5.74) is 2.90. The monoisotopic (exact) mass is 424 g/mol. The van der Waals surface area contributed by atoms with Crippen LogP contribution in [0.2, 0.25) is 0 Å². The standard InChI is InChI=1S/C23H24N2O4S/c1-17-7-5-8-18(15-17)13-14-24-23(26)19-9-6-10-20(16-19)30(27,28)25-21-11-3-4-12-22(21)29-2/h3-12,15-16,25H,13-14H2,1-2H3,(H,24,26). The first-order chi connectivity index (χ1) is 14.4. The maximum absolute atomic E-state index is 12.8. The van der Waals surface area contributed by atoms with Gasteiger partial charge < -0.3 is 10.1 Å². The number of para-hydroxylation sites is 2. The van der Waals surface area contributed by atoms with Crippen molar-refractivity contribution < 1.29 is 17.9 Å². The van der Waals surface area contributed by atoms with Gasteiger partial charge in [-0.25, -0.2) is 8.42 Å². The van der Waals surface area contributed by atoms with Crippen molar-refractivity contribution in [2.24, 2.45) is 0 Å². The molecule has 0 radical (unpaired) electrons. The summed E-state index contributed by atoms with van der Waals surface area (Å²) in [5.74, 6) is 0.0862. The molecule has 0 spiro atoms. The molecule has 6 nitrogen and oxygen atoms in total. The van der Waals surface area contributed by atoms with Gasteiger partial charge in [0.05, 0.1) is 17.7 Å².